The van der Waals surface area contributed by atoms with Crippen LogP contribution in [0.3, 0.4) is 0 Å². The summed E-state index contributed by atoms with van der Waals surface area (Å²) in [6, 6.07) is 3.51. The molecule has 0 aliphatic heterocycles. The highest BCUT2D eigenvalue weighted by atomic mass is 19.3. The molecule has 1 aromatic carbocycles. The first-order valence-electron chi connectivity index (χ1n) is 5.51. The second-order valence-electron chi connectivity index (χ2n) is 3.71. The second kappa shape index (κ2) is 6.98. The van der Waals surface area contributed by atoms with Crippen molar-refractivity contribution in [3.8, 4) is 5.75 Å². The highest BCUT2D eigenvalue weighted by molar-refractivity contribution is 5.94. The molecular weight excluding hydrogens is 263 g/mol. The molecule has 0 heterocycles. The van der Waals surface area contributed by atoms with Gasteiger partial charge in [-0.3, -0.25) is 4.79 Å². The number of halogens is 3. The van der Waals surface area contributed by atoms with E-state index in [4.69, 9.17) is 9.84 Å². The zero-order chi connectivity index (χ0) is 14.4. The summed E-state index contributed by atoms with van der Waals surface area (Å²) in [5.41, 5.74) is -0.338. The van der Waals surface area contributed by atoms with Gasteiger partial charge in [0.1, 0.15) is 11.6 Å². The normalized spacial score (nSPS) is 10.6. The third-order valence-electron chi connectivity index (χ3n) is 2.42. The predicted molar refractivity (Wildman–Crippen MR) is 61.9 cm³/mol. The zero-order valence-corrected chi connectivity index (χ0v) is 10.3. The van der Waals surface area contributed by atoms with Gasteiger partial charge in [-0.1, -0.05) is 0 Å². The average molecular weight is 277 g/mol. The molecule has 0 unspecified atom stereocenters. The Morgan fingerprint density at radius 2 is 2.16 bits per heavy atom. The van der Waals surface area contributed by atoms with E-state index in [0.29, 0.717) is 4.90 Å². The highest BCUT2D eigenvalue weighted by Gasteiger charge is 2.22. The van der Waals surface area contributed by atoms with E-state index in [9.17, 15) is 18.0 Å². The Kier molecular flexibility index (Phi) is 5.62. The lowest BCUT2D eigenvalue weighted by molar-refractivity contribution is 0.0505. The minimum atomic E-state index is -2.75. The molecule has 1 amide bonds. The Morgan fingerprint density at radius 3 is 2.63 bits per heavy atom. The smallest absolute Gasteiger partial charge is 0.257 e. The number of methoxy groups -OCH3 is 1. The fraction of sp³-hybridized carbons (Fsp3) is 0.417. The van der Waals surface area contributed by atoms with Gasteiger partial charge >= 0.3 is 0 Å². The van der Waals surface area contributed by atoms with Crippen LogP contribution in [0.25, 0.3) is 0 Å². The molecule has 1 aromatic rings. The van der Waals surface area contributed by atoms with Gasteiger partial charge < -0.3 is 14.7 Å². The van der Waals surface area contributed by atoms with E-state index >= 15 is 0 Å². The van der Waals surface area contributed by atoms with Crippen molar-refractivity contribution in [3.05, 3.63) is 29.6 Å². The number of aliphatic hydroxyl groups excluding tert-OH is 1. The quantitative estimate of drug-likeness (QED) is 0.858. The molecule has 0 spiro atoms. The molecule has 1 rings (SSSR count). The number of amides is 1. The third-order valence-corrected chi connectivity index (χ3v) is 2.42. The van der Waals surface area contributed by atoms with Crippen molar-refractivity contribution < 1.29 is 27.8 Å². The summed E-state index contributed by atoms with van der Waals surface area (Å²) >= 11 is 0. The SMILES string of the molecule is COc1ccc(C(=O)N(CCO)CC(F)F)c(F)c1. The van der Waals surface area contributed by atoms with Gasteiger partial charge in [-0.2, -0.15) is 0 Å². The number of rotatable bonds is 6. The molecule has 0 saturated heterocycles. The van der Waals surface area contributed by atoms with Crippen molar-refractivity contribution >= 4 is 5.91 Å². The van der Waals surface area contributed by atoms with Crippen molar-refractivity contribution in [3.63, 3.8) is 0 Å². The summed E-state index contributed by atoms with van der Waals surface area (Å²) in [6.45, 7) is -1.62. The fourth-order valence-electron chi connectivity index (χ4n) is 1.53. The lowest BCUT2D eigenvalue weighted by Crippen LogP contribution is -2.37. The molecule has 7 heteroatoms. The number of carbonyl (C=O) groups excluding carboxylic acids is 1. The van der Waals surface area contributed by atoms with Crippen LogP contribution in [0.4, 0.5) is 13.2 Å². The summed E-state index contributed by atoms with van der Waals surface area (Å²) < 4.78 is 43.1. The van der Waals surface area contributed by atoms with Crippen LogP contribution >= 0.6 is 0 Å². The van der Waals surface area contributed by atoms with E-state index < -0.39 is 31.3 Å². The van der Waals surface area contributed by atoms with E-state index in [0.717, 1.165) is 12.1 Å². The lowest BCUT2D eigenvalue weighted by atomic mass is 10.1. The number of ether oxygens (including phenoxy) is 1. The summed E-state index contributed by atoms with van der Waals surface area (Å²) in [5, 5.41) is 8.74. The Balaban J connectivity index is 2.95. The minimum absolute atomic E-state index is 0.219. The molecule has 0 bridgehead atoms. The van der Waals surface area contributed by atoms with Crippen LogP contribution in [0.1, 0.15) is 10.4 Å². The highest BCUT2D eigenvalue weighted by Crippen LogP contribution is 2.18. The maximum absolute atomic E-state index is 13.6. The summed E-state index contributed by atoms with van der Waals surface area (Å²) in [5.74, 6) is -1.53. The van der Waals surface area contributed by atoms with Crippen molar-refractivity contribution in [1.82, 2.24) is 4.90 Å². The topological polar surface area (TPSA) is 49.8 Å². The molecule has 0 atom stereocenters. The van der Waals surface area contributed by atoms with Crippen LogP contribution in [-0.4, -0.2) is 49.1 Å². The number of carbonyl (C=O) groups is 1. The minimum Gasteiger partial charge on any atom is -0.497 e. The number of alkyl halides is 2. The van der Waals surface area contributed by atoms with Crippen LogP contribution in [0.2, 0.25) is 0 Å². The van der Waals surface area contributed by atoms with Gasteiger partial charge in [0.2, 0.25) is 0 Å². The Morgan fingerprint density at radius 1 is 1.47 bits per heavy atom. The van der Waals surface area contributed by atoms with Crippen molar-refractivity contribution in [1.29, 1.82) is 0 Å². The maximum atomic E-state index is 13.6. The molecule has 0 fully saturated rings. The molecule has 1 N–H and O–H groups in total. The van der Waals surface area contributed by atoms with E-state index in [1.807, 2.05) is 0 Å². The molecule has 0 aliphatic carbocycles. The lowest BCUT2D eigenvalue weighted by Gasteiger charge is -2.21. The number of hydrogen-bond donors (Lipinski definition) is 1. The Bertz CT molecular complexity index is 440. The molecule has 4 nitrogen and oxygen atoms in total. The zero-order valence-electron chi connectivity index (χ0n) is 10.3. The predicted octanol–water partition coefficient (Wildman–Crippen LogP) is 1.53. The van der Waals surface area contributed by atoms with Gasteiger partial charge in [0.25, 0.3) is 12.3 Å². The first-order chi connectivity index (χ1) is 8.99. The van der Waals surface area contributed by atoms with E-state index in [1.54, 1.807) is 0 Å². The van der Waals surface area contributed by atoms with E-state index in [2.05, 4.69) is 0 Å². The van der Waals surface area contributed by atoms with E-state index in [-0.39, 0.29) is 17.9 Å². The van der Waals surface area contributed by atoms with Crippen molar-refractivity contribution in [2.24, 2.45) is 0 Å². The molecule has 106 valence electrons. The van der Waals surface area contributed by atoms with Crippen LogP contribution in [0.15, 0.2) is 18.2 Å². The molecule has 0 saturated carbocycles. The number of aliphatic hydroxyl groups is 1. The van der Waals surface area contributed by atoms with Crippen LogP contribution in [0, 0.1) is 5.82 Å². The monoisotopic (exact) mass is 277 g/mol. The maximum Gasteiger partial charge on any atom is 0.257 e. The van der Waals surface area contributed by atoms with Gasteiger partial charge in [0, 0.05) is 12.6 Å². The number of benzene rings is 1. The molecule has 19 heavy (non-hydrogen) atoms. The van der Waals surface area contributed by atoms with Gasteiger partial charge in [0.05, 0.1) is 25.8 Å². The van der Waals surface area contributed by atoms with Gasteiger partial charge in [-0.05, 0) is 12.1 Å². The molecular formula is C12H14F3NO3. The van der Waals surface area contributed by atoms with Gasteiger partial charge in [0.15, 0.2) is 0 Å². The summed E-state index contributed by atoms with van der Waals surface area (Å²) in [4.78, 5) is 12.6. The van der Waals surface area contributed by atoms with Crippen molar-refractivity contribution in [2.75, 3.05) is 26.8 Å². The number of hydrogen-bond acceptors (Lipinski definition) is 3. The Labute approximate surface area is 108 Å². The molecule has 0 radical (unpaired) electrons. The second-order valence-corrected chi connectivity index (χ2v) is 3.71. The Hall–Kier alpha value is -1.76. The number of nitrogens with zero attached hydrogens (tertiary/aromatic N) is 1. The molecule has 0 aliphatic rings. The van der Waals surface area contributed by atoms with Gasteiger partial charge in [-0.15, -0.1) is 0 Å². The first-order valence-corrected chi connectivity index (χ1v) is 5.51. The van der Waals surface area contributed by atoms with Crippen LogP contribution in [0.5, 0.6) is 5.75 Å². The average Bonchev–Trinajstić information content (AvgIpc) is 2.36. The van der Waals surface area contributed by atoms with Crippen molar-refractivity contribution in [2.45, 2.75) is 6.43 Å². The van der Waals surface area contributed by atoms with Crippen LogP contribution < -0.4 is 4.74 Å². The summed E-state index contributed by atoms with van der Waals surface area (Å²) in [6.07, 6.45) is -2.75. The van der Waals surface area contributed by atoms with Gasteiger partial charge in [-0.25, -0.2) is 13.2 Å². The largest absolute Gasteiger partial charge is 0.497 e. The first kappa shape index (κ1) is 15.3. The molecule has 0 aromatic heterocycles. The third kappa shape index (κ3) is 4.13. The summed E-state index contributed by atoms with van der Waals surface area (Å²) in [7, 11) is 1.34. The van der Waals surface area contributed by atoms with Crippen LogP contribution in [-0.2, 0) is 0 Å². The standard InChI is InChI=1S/C12H14F3NO3/c1-19-8-2-3-9(10(13)6-8)12(18)16(4-5-17)7-11(14)15/h2-3,6,11,17H,4-5,7H2,1H3. The fourth-order valence-corrected chi connectivity index (χ4v) is 1.53. The van der Waals surface area contributed by atoms with E-state index in [1.165, 1.54) is 13.2 Å².